The van der Waals surface area contributed by atoms with Crippen LogP contribution < -0.4 is 20.1 Å². The number of nitrogens with one attached hydrogen (secondary N) is 2. The third-order valence-electron chi connectivity index (χ3n) is 4.48. The summed E-state index contributed by atoms with van der Waals surface area (Å²) in [5, 5.41) is 6.26. The van der Waals surface area contributed by atoms with Crippen molar-refractivity contribution in [2.24, 2.45) is 5.92 Å². The van der Waals surface area contributed by atoms with Gasteiger partial charge >= 0.3 is 0 Å². The van der Waals surface area contributed by atoms with Gasteiger partial charge in [0.2, 0.25) is 5.91 Å². The molecule has 134 valence electrons. The van der Waals surface area contributed by atoms with Crippen LogP contribution in [0.5, 0.6) is 11.5 Å². The number of hydrogen-bond donors (Lipinski definition) is 2. The van der Waals surface area contributed by atoms with Gasteiger partial charge in [-0.2, -0.15) is 0 Å². The van der Waals surface area contributed by atoms with Gasteiger partial charge in [0.15, 0.2) is 6.10 Å². The highest BCUT2D eigenvalue weighted by Crippen LogP contribution is 2.33. The molecule has 2 aromatic rings. The number of hydrogen-bond acceptors (Lipinski definition) is 4. The zero-order valence-corrected chi connectivity index (χ0v) is 14.8. The lowest BCUT2D eigenvalue weighted by molar-refractivity contribution is -0.123. The number of anilines is 2. The van der Waals surface area contributed by atoms with Gasteiger partial charge in [0.25, 0.3) is 5.91 Å². The molecule has 2 aromatic carbocycles. The number of halogens is 1. The quantitative estimate of drug-likeness (QED) is 0.848. The van der Waals surface area contributed by atoms with E-state index in [4.69, 9.17) is 21.1 Å². The standard InChI is InChI=1S/C19H17ClN2O4/c1-10-18(23)22-15-8-14(3-5-17(15)26-10)21-19(24)12-6-11-7-13(20)2-4-16(11)25-9-12/h2-5,7-8,10,12H,6,9H2,1H3,(H,21,24)(H,22,23)/t10-,12+/m0/s1. The van der Waals surface area contributed by atoms with Gasteiger partial charge in [-0.1, -0.05) is 11.6 Å². The Morgan fingerprint density at radius 1 is 1.23 bits per heavy atom. The van der Waals surface area contributed by atoms with Gasteiger partial charge in [-0.15, -0.1) is 0 Å². The molecule has 7 heteroatoms. The SMILES string of the molecule is C[C@@H]1Oc2ccc(NC(=O)[C@H]3COc4ccc(Cl)cc4C3)cc2NC1=O. The first-order valence-corrected chi connectivity index (χ1v) is 8.71. The van der Waals surface area contributed by atoms with Gasteiger partial charge < -0.3 is 20.1 Å². The Bertz CT molecular complexity index is 899. The van der Waals surface area contributed by atoms with Crippen molar-refractivity contribution >= 4 is 34.8 Å². The molecule has 0 unspecified atom stereocenters. The Hall–Kier alpha value is -2.73. The molecular formula is C19H17ClN2O4. The van der Waals surface area contributed by atoms with Crippen LogP contribution in [0.4, 0.5) is 11.4 Å². The van der Waals surface area contributed by atoms with Crippen molar-refractivity contribution in [3.63, 3.8) is 0 Å². The Balaban J connectivity index is 1.47. The maximum atomic E-state index is 12.6. The topological polar surface area (TPSA) is 76.7 Å². The van der Waals surface area contributed by atoms with Crippen LogP contribution in [0.25, 0.3) is 0 Å². The van der Waals surface area contributed by atoms with Crippen molar-refractivity contribution in [1.82, 2.24) is 0 Å². The lowest BCUT2D eigenvalue weighted by Gasteiger charge is -2.26. The molecule has 2 heterocycles. The Morgan fingerprint density at radius 2 is 2.04 bits per heavy atom. The molecule has 0 saturated heterocycles. The molecule has 0 fully saturated rings. The summed E-state index contributed by atoms with van der Waals surface area (Å²) in [6.07, 6.45) is 0.0264. The van der Waals surface area contributed by atoms with E-state index in [0.717, 1.165) is 11.3 Å². The second-order valence-electron chi connectivity index (χ2n) is 6.41. The zero-order chi connectivity index (χ0) is 18.3. The summed E-state index contributed by atoms with van der Waals surface area (Å²) in [4.78, 5) is 24.3. The number of amides is 2. The largest absolute Gasteiger partial charge is 0.492 e. The fourth-order valence-electron chi connectivity index (χ4n) is 3.06. The van der Waals surface area contributed by atoms with Crippen molar-refractivity contribution in [2.75, 3.05) is 17.2 Å². The van der Waals surface area contributed by atoms with Crippen molar-refractivity contribution in [1.29, 1.82) is 0 Å². The first kappa shape index (κ1) is 16.7. The molecule has 2 aliphatic heterocycles. The van der Waals surface area contributed by atoms with Crippen LogP contribution in [0, 0.1) is 5.92 Å². The third kappa shape index (κ3) is 3.20. The first-order valence-electron chi connectivity index (χ1n) is 8.33. The molecule has 0 aliphatic carbocycles. The summed E-state index contributed by atoms with van der Waals surface area (Å²) in [6, 6.07) is 10.6. The lowest BCUT2D eigenvalue weighted by atomic mass is 9.96. The number of carbonyl (C=O) groups is 2. The molecule has 2 amide bonds. The highest BCUT2D eigenvalue weighted by molar-refractivity contribution is 6.30. The Kier molecular flexibility index (Phi) is 4.20. The van der Waals surface area contributed by atoms with Crippen LogP contribution >= 0.6 is 11.6 Å². The van der Waals surface area contributed by atoms with Crippen LogP contribution in [0.15, 0.2) is 36.4 Å². The number of carbonyl (C=O) groups excluding carboxylic acids is 2. The predicted molar refractivity (Wildman–Crippen MR) is 97.9 cm³/mol. The maximum Gasteiger partial charge on any atom is 0.265 e. The fourth-order valence-corrected chi connectivity index (χ4v) is 3.26. The molecule has 26 heavy (non-hydrogen) atoms. The minimum Gasteiger partial charge on any atom is -0.492 e. The average molecular weight is 373 g/mol. The van der Waals surface area contributed by atoms with Crippen molar-refractivity contribution in [3.05, 3.63) is 47.0 Å². The maximum absolute atomic E-state index is 12.6. The van der Waals surface area contributed by atoms with E-state index in [1.165, 1.54) is 0 Å². The van der Waals surface area contributed by atoms with E-state index in [1.54, 1.807) is 31.2 Å². The summed E-state index contributed by atoms with van der Waals surface area (Å²) in [5.41, 5.74) is 2.05. The van der Waals surface area contributed by atoms with Crippen LogP contribution in [0.3, 0.4) is 0 Å². The average Bonchev–Trinajstić information content (AvgIpc) is 2.62. The van der Waals surface area contributed by atoms with E-state index in [2.05, 4.69) is 10.6 Å². The number of benzene rings is 2. The molecule has 0 radical (unpaired) electrons. The zero-order valence-electron chi connectivity index (χ0n) is 14.0. The molecule has 2 N–H and O–H groups in total. The van der Waals surface area contributed by atoms with Gasteiger partial charge in [0.1, 0.15) is 18.1 Å². The first-order chi connectivity index (χ1) is 12.5. The second kappa shape index (κ2) is 6.53. The van der Waals surface area contributed by atoms with Crippen LogP contribution in [-0.2, 0) is 16.0 Å². The normalized spacial score (nSPS) is 20.8. The molecule has 2 atom stereocenters. The predicted octanol–water partition coefficient (Wildman–Crippen LogP) is 3.25. The molecule has 6 nitrogen and oxygen atoms in total. The molecule has 0 aromatic heterocycles. The smallest absolute Gasteiger partial charge is 0.265 e. The highest BCUT2D eigenvalue weighted by Gasteiger charge is 2.27. The second-order valence-corrected chi connectivity index (χ2v) is 6.85. The number of rotatable bonds is 2. The minimum atomic E-state index is -0.533. The molecule has 0 spiro atoms. The van der Waals surface area contributed by atoms with E-state index in [9.17, 15) is 9.59 Å². The molecule has 0 bridgehead atoms. The van der Waals surface area contributed by atoms with Crippen molar-refractivity contribution < 1.29 is 19.1 Å². The van der Waals surface area contributed by atoms with Gasteiger partial charge in [-0.05, 0) is 55.3 Å². The molecule has 2 aliphatic rings. The van der Waals surface area contributed by atoms with E-state index < -0.39 is 6.10 Å². The summed E-state index contributed by atoms with van der Waals surface area (Å²) in [6.45, 7) is 1.99. The fraction of sp³-hybridized carbons (Fsp3) is 0.263. The van der Waals surface area contributed by atoms with E-state index >= 15 is 0 Å². The summed E-state index contributed by atoms with van der Waals surface area (Å²) >= 11 is 6.02. The molecular weight excluding hydrogens is 356 g/mol. The van der Waals surface area contributed by atoms with Crippen molar-refractivity contribution in [2.45, 2.75) is 19.4 Å². The minimum absolute atomic E-state index is 0.146. The monoisotopic (exact) mass is 372 g/mol. The van der Waals surface area contributed by atoms with Gasteiger partial charge in [-0.25, -0.2) is 0 Å². The van der Waals surface area contributed by atoms with Crippen LogP contribution in [-0.4, -0.2) is 24.5 Å². The number of ether oxygens (including phenoxy) is 2. The highest BCUT2D eigenvalue weighted by atomic mass is 35.5. The van der Waals surface area contributed by atoms with Crippen LogP contribution in [0.2, 0.25) is 5.02 Å². The summed E-state index contributed by atoms with van der Waals surface area (Å²) in [7, 11) is 0. The van der Waals surface area contributed by atoms with Gasteiger partial charge in [-0.3, -0.25) is 9.59 Å². The van der Waals surface area contributed by atoms with E-state index in [0.29, 0.717) is 35.2 Å². The van der Waals surface area contributed by atoms with E-state index in [-0.39, 0.29) is 17.7 Å². The van der Waals surface area contributed by atoms with Gasteiger partial charge in [0, 0.05) is 10.7 Å². The molecule has 0 saturated carbocycles. The third-order valence-corrected chi connectivity index (χ3v) is 4.71. The van der Waals surface area contributed by atoms with Crippen molar-refractivity contribution in [3.8, 4) is 11.5 Å². The summed E-state index contributed by atoms with van der Waals surface area (Å²) < 4.78 is 11.2. The Labute approximate surface area is 155 Å². The Morgan fingerprint density at radius 3 is 2.88 bits per heavy atom. The van der Waals surface area contributed by atoms with Crippen LogP contribution in [0.1, 0.15) is 12.5 Å². The summed E-state index contributed by atoms with van der Waals surface area (Å²) in [5.74, 6) is 0.672. The van der Waals surface area contributed by atoms with E-state index in [1.807, 2.05) is 12.1 Å². The molecule has 4 rings (SSSR count). The van der Waals surface area contributed by atoms with Gasteiger partial charge in [0.05, 0.1) is 11.6 Å². The lowest BCUT2D eigenvalue weighted by Crippen LogP contribution is -2.34. The number of fused-ring (bicyclic) bond motifs is 2.